The van der Waals surface area contributed by atoms with Gasteiger partial charge < -0.3 is 14.8 Å². The lowest BCUT2D eigenvalue weighted by atomic mass is 10.2. The number of carbonyl (C=O) groups is 1. The van der Waals surface area contributed by atoms with Crippen molar-refractivity contribution in [3.05, 3.63) is 45.9 Å². The third kappa shape index (κ3) is 4.26. The van der Waals surface area contributed by atoms with Crippen molar-refractivity contribution in [3.8, 4) is 11.5 Å². The summed E-state index contributed by atoms with van der Waals surface area (Å²) in [6.45, 7) is -0.655. The number of methoxy groups -OCH3 is 2. The van der Waals surface area contributed by atoms with E-state index < -0.39 is 29.8 Å². The molecule has 1 heterocycles. The van der Waals surface area contributed by atoms with Gasteiger partial charge in [-0.25, -0.2) is 4.68 Å². The van der Waals surface area contributed by atoms with Crippen LogP contribution in [0.1, 0.15) is 30.0 Å². The predicted octanol–water partition coefficient (Wildman–Crippen LogP) is 2.80. The number of hydrogen-bond acceptors (Lipinski definition) is 5. The second-order valence-corrected chi connectivity index (χ2v) is 6.33. The highest BCUT2D eigenvalue weighted by molar-refractivity contribution is 5.92. The van der Waals surface area contributed by atoms with Crippen LogP contribution in [0.5, 0.6) is 11.5 Å². The Morgan fingerprint density at radius 2 is 1.96 bits per heavy atom. The van der Waals surface area contributed by atoms with Crippen molar-refractivity contribution >= 4 is 11.6 Å². The molecule has 0 atom stereocenters. The van der Waals surface area contributed by atoms with Gasteiger partial charge in [0.2, 0.25) is 5.91 Å². The molecule has 7 nitrogen and oxygen atoms in total. The Kier molecular flexibility index (Phi) is 5.30. The Morgan fingerprint density at radius 3 is 2.54 bits per heavy atom. The molecule has 0 spiro atoms. The fraction of sp³-hybridized carbons (Fsp3) is 0.389. The maximum atomic E-state index is 13.2. The summed E-state index contributed by atoms with van der Waals surface area (Å²) >= 11 is 0. The van der Waals surface area contributed by atoms with Crippen molar-refractivity contribution in [2.45, 2.75) is 31.5 Å². The summed E-state index contributed by atoms with van der Waals surface area (Å²) in [5, 5.41) is 6.46. The number of hydrogen-bond donors (Lipinski definition) is 1. The minimum Gasteiger partial charge on any atom is -0.497 e. The number of carbonyl (C=O) groups excluding carboxylic acids is 1. The number of benzene rings is 1. The summed E-state index contributed by atoms with van der Waals surface area (Å²) in [4.78, 5) is 24.5. The third-order valence-electron chi connectivity index (χ3n) is 4.27. The molecule has 150 valence electrons. The lowest BCUT2D eigenvalue weighted by molar-refractivity contribution is -0.139. The highest BCUT2D eigenvalue weighted by atomic mass is 19.4. The van der Waals surface area contributed by atoms with Crippen molar-refractivity contribution in [2.24, 2.45) is 0 Å². The molecule has 1 aliphatic carbocycles. The first-order valence-corrected chi connectivity index (χ1v) is 8.44. The molecule has 10 heteroatoms. The Hall–Kier alpha value is -3.04. The molecule has 1 aliphatic rings. The lowest BCUT2D eigenvalue weighted by Crippen LogP contribution is -2.35. The van der Waals surface area contributed by atoms with Gasteiger partial charge in [0.1, 0.15) is 23.6 Å². The minimum absolute atomic E-state index is 0.113. The van der Waals surface area contributed by atoms with E-state index in [4.69, 9.17) is 9.47 Å². The first-order valence-electron chi connectivity index (χ1n) is 8.44. The molecule has 1 aromatic carbocycles. The average Bonchev–Trinajstić information content (AvgIpc) is 3.47. The van der Waals surface area contributed by atoms with Crippen LogP contribution in [0.15, 0.2) is 29.1 Å². The highest BCUT2D eigenvalue weighted by Gasteiger charge is 2.37. The lowest BCUT2D eigenvalue weighted by Gasteiger charge is -2.14. The Bertz CT molecular complexity index is 952. The summed E-state index contributed by atoms with van der Waals surface area (Å²) in [6.07, 6.45) is -3.41. The summed E-state index contributed by atoms with van der Waals surface area (Å²) in [5.41, 5.74) is -2.22. The van der Waals surface area contributed by atoms with Crippen LogP contribution >= 0.6 is 0 Å². The molecule has 1 N–H and O–H groups in total. The molecular weight excluding hydrogens is 379 g/mol. The van der Waals surface area contributed by atoms with Crippen LogP contribution in [-0.4, -0.2) is 29.9 Å². The zero-order valence-electron chi connectivity index (χ0n) is 15.2. The monoisotopic (exact) mass is 397 g/mol. The van der Waals surface area contributed by atoms with Gasteiger partial charge in [-0.15, -0.1) is 0 Å². The van der Waals surface area contributed by atoms with Gasteiger partial charge in [-0.2, -0.15) is 18.3 Å². The van der Waals surface area contributed by atoms with E-state index in [0.29, 0.717) is 29.0 Å². The van der Waals surface area contributed by atoms with Crippen LogP contribution in [-0.2, 0) is 17.5 Å². The molecule has 1 amide bonds. The van der Waals surface area contributed by atoms with E-state index in [-0.39, 0.29) is 17.3 Å². The fourth-order valence-electron chi connectivity index (χ4n) is 2.68. The normalized spacial score (nSPS) is 13.9. The highest BCUT2D eigenvalue weighted by Crippen LogP contribution is 2.40. The molecule has 2 aromatic rings. The van der Waals surface area contributed by atoms with E-state index >= 15 is 0 Å². The van der Waals surface area contributed by atoms with Gasteiger partial charge in [-0.05, 0) is 31.0 Å². The van der Waals surface area contributed by atoms with E-state index in [1.807, 2.05) is 0 Å². The zero-order valence-corrected chi connectivity index (χ0v) is 15.2. The summed E-state index contributed by atoms with van der Waals surface area (Å²) in [7, 11) is 2.86. The molecule has 1 aromatic heterocycles. The topological polar surface area (TPSA) is 82.5 Å². The standard InChI is InChI=1S/C18H18F3N3O4/c1-27-11-5-6-13(15(7-11)28-2)22-16(25)9-24-17(26)12(18(19,20)21)8-14(23-24)10-3-4-10/h5-8,10H,3-4,9H2,1-2H3,(H,22,25). The van der Waals surface area contributed by atoms with Crippen molar-refractivity contribution in [3.63, 3.8) is 0 Å². The second-order valence-electron chi connectivity index (χ2n) is 6.33. The second kappa shape index (κ2) is 7.53. The number of nitrogens with zero attached hydrogens (tertiary/aromatic N) is 2. The predicted molar refractivity (Wildman–Crippen MR) is 93.6 cm³/mol. The molecular formula is C18H18F3N3O4. The van der Waals surface area contributed by atoms with E-state index in [9.17, 15) is 22.8 Å². The maximum absolute atomic E-state index is 13.2. The number of aromatic nitrogens is 2. The molecule has 3 rings (SSSR count). The van der Waals surface area contributed by atoms with Gasteiger partial charge in [0.15, 0.2) is 0 Å². The zero-order chi connectivity index (χ0) is 20.5. The number of nitrogens with one attached hydrogen (secondary N) is 1. The number of ether oxygens (including phenoxy) is 2. The van der Waals surface area contributed by atoms with Crippen LogP contribution < -0.4 is 20.3 Å². The maximum Gasteiger partial charge on any atom is 0.421 e. The average molecular weight is 397 g/mol. The number of anilines is 1. The molecule has 0 bridgehead atoms. The van der Waals surface area contributed by atoms with Crippen LogP contribution in [0, 0.1) is 0 Å². The quantitative estimate of drug-likeness (QED) is 0.811. The number of amides is 1. The molecule has 28 heavy (non-hydrogen) atoms. The van der Waals surface area contributed by atoms with Crippen molar-refractivity contribution in [2.75, 3.05) is 19.5 Å². The van der Waals surface area contributed by atoms with Crippen LogP contribution in [0.25, 0.3) is 0 Å². The number of rotatable bonds is 6. The molecule has 0 unspecified atom stereocenters. The van der Waals surface area contributed by atoms with Crippen molar-refractivity contribution in [1.82, 2.24) is 9.78 Å². The third-order valence-corrected chi connectivity index (χ3v) is 4.27. The smallest absolute Gasteiger partial charge is 0.421 e. The van der Waals surface area contributed by atoms with E-state index in [1.54, 1.807) is 6.07 Å². The molecule has 1 saturated carbocycles. The minimum atomic E-state index is -4.82. The van der Waals surface area contributed by atoms with E-state index in [2.05, 4.69) is 10.4 Å². The van der Waals surface area contributed by atoms with Gasteiger partial charge in [0.05, 0.1) is 25.6 Å². The Labute approximate surface area is 158 Å². The molecule has 1 fully saturated rings. The van der Waals surface area contributed by atoms with Crippen LogP contribution in [0.4, 0.5) is 18.9 Å². The Morgan fingerprint density at radius 1 is 1.25 bits per heavy atom. The number of halogens is 3. The van der Waals surface area contributed by atoms with E-state index in [0.717, 1.165) is 6.07 Å². The first kappa shape index (κ1) is 19.7. The Balaban J connectivity index is 1.86. The SMILES string of the molecule is COc1ccc(NC(=O)Cn2nc(C3CC3)cc(C(F)(F)F)c2=O)c(OC)c1. The first-order chi connectivity index (χ1) is 13.2. The van der Waals surface area contributed by atoms with Gasteiger partial charge in [-0.3, -0.25) is 9.59 Å². The van der Waals surface area contributed by atoms with Crippen LogP contribution in [0.3, 0.4) is 0 Å². The van der Waals surface area contributed by atoms with Gasteiger partial charge in [0, 0.05) is 12.0 Å². The summed E-state index contributed by atoms with van der Waals surface area (Å²) < 4.78 is 50.3. The van der Waals surface area contributed by atoms with Crippen molar-refractivity contribution < 1.29 is 27.4 Å². The van der Waals surface area contributed by atoms with Crippen molar-refractivity contribution in [1.29, 1.82) is 0 Å². The van der Waals surface area contributed by atoms with Gasteiger partial charge in [-0.1, -0.05) is 0 Å². The van der Waals surface area contributed by atoms with E-state index in [1.165, 1.54) is 26.4 Å². The molecule has 0 aliphatic heterocycles. The number of alkyl halides is 3. The van der Waals surface area contributed by atoms with Gasteiger partial charge >= 0.3 is 6.18 Å². The fourth-order valence-corrected chi connectivity index (χ4v) is 2.68. The molecule has 0 radical (unpaired) electrons. The summed E-state index contributed by atoms with van der Waals surface area (Å²) in [5.74, 6) is -0.0211. The van der Waals surface area contributed by atoms with Crippen LogP contribution in [0.2, 0.25) is 0 Å². The molecule has 0 saturated heterocycles. The largest absolute Gasteiger partial charge is 0.497 e. The summed E-state index contributed by atoms with van der Waals surface area (Å²) in [6, 6.07) is 5.42. The van der Waals surface area contributed by atoms with Gasteiger partial charge in [0.25, 0.3) is 5.56 Å².